The predicted molar refractivity (Wildman–Crippen MR) is 66.1 cm³/mol. The summed E-state index contributed by atoms with van der Waals surface area (Å²) >= 11 is 4.74. The zero-order valence-electron chi connectivity index (χ0n) is 8.36. The van der Waals surface area contributed by atoms with E-state index >= 15 is 0 Å². The lowest BCUT2D eigenvalue weighted by Gasteiger charge is -2.05. The lowest BCUT2D eigenvalue weighted by atomic mass is 10.1. The van der Waals surface area contributed by atoms with Crippen molar-refractivity contribution in [2.45, 2.75) is 6.42 Å². The highest BCUT2D eigenvalue weighted by Crippen LogP contribution is 2.14. The molecule has 0 radical (unpaired) electrons. The third-order valence-electron chi connectivity index (χ3n) is 2.11. The van der Waals surface area contributed by atoms with Gasteiger partial charge in [0.2, 0.25) is 5.91 Å². The lowest BCUT2D eigenvalue weighted by molar-refractivity contribution is -0.119. The van der Waals surface area contributed by atoms with Crippen LogP contribution in [0.25, 0.3) is 0 Å². The first-order valence-electron chi connectivity index (χ1n) is 4.67. The van der Waals surface area contributed by atoms with E-state index in [1.165, 1.54) is 0 Å². The molecule has 1 aromatic carbocycles. The van der Waals surface area contributed by atoms with Crippen LogP contribution in [0, 0.1) is 0 Å². The van der Waals surface area contributed by atoms with Gasteiger partial charge in [0.25, 0.3) is 0 Å². The second kappa shape index (κ2) is 4.28. The fourth-order valence-electron chi connectivity index (χ4n) is 1.45. The number of hydrogen-bond acceptors (Lipinski definition) is 3. The molecule has 0 saturated heterocycles. The number of nitrogens with zero attached hydrogens (tertiary/aromatic N) is 1. The Bertz CT molecular complexity index is 483. The zero-order chi connectivity index (χ0) is 11.5. The molecule has 1 aromatic rings. The second-order valence-corrected chi connectivity index (χ2v) is 3.78. The third-order valence-corrected chi connectivity index (χ3v) is 2.21. The third kappa shape index (κ3) is 2.34. The Hall–Kier alpha value is -1.95. The summed E-state index contributed by atoms with van der Waals surface area (Å²) in [6.07, 6.45) is 0.302. The molecule has 0 saturated carbocycles. The minimum atomic E-state index is -0.0947. The van der Waals surface area contributed by atoms with Crippen molar-refractivity contribution in [3.8, 4) is 0 Å². The van der Waals surface area contributed by atoms with E-state index in [2.05, 4.69) is 15.8 Å². The van der Waals surface area contributed by atoms with E-state index in [1.807, 2.05) is 24.3 Å². The molecule has 16 heavy (non-hydrogen) atoms. The largest absolute Gasteiger partial charge is 0.376 e. The van der Waals surface area contributed by atoms with Gasteiger partial charge in [-0.3, -0.25) is 4.79 Å². The molecule has 0 aromatic heterocycles. The van der Waals surface area contributed by atoms with Crippen molar-refractivity contribution in [3.63, 3.8) is 0 Å². The van der Waals surface area contributed by atoms with Gasteiger partial charge in [-0.15, -0.1) is 0 Å². The molecule has 1 aliphatic heterocycles. The van der Waals surface area contributed by atoms with Gasteiger partial charge in [0.15, 0.2) is 5.11 Å². The maximum Gasteiger partial charge on any atom is 0.246 e. The van der Waals surface area contributed by atoms with Crippen LogP contribution < -0.4 is 16.5 Å². The van der Waals surface area contributed by atoms with E-state index in [1.54, 1.807) is 0 Å². The van der Waals surface area contributed by atoms with Crippen LogP contribution in [-0.2, 0) is 4.79 Å². The minimum absolute atomic E-state index is 0.0947. The molecular weight excluding hydrogens is 224 g/mol. The van der Waals surface area contributed by atoms with E-state index in [-0.39, 0.29) is 11.0 Å². The van der Waals surface area contributed by atoms with Crippen LogP contribution in [0.2, 0.25) is 0 Å². The van der Waals surface area contributed by atoms with Crippen molar-refractivity contribution in [2.24, 2.45) is 10.8 Å². The SMILES string of the molecule is NC(=S)Nc1cccc(C2=NNC(=O)C2)c1. The number of anilines is 1. The molecule has 0 aliphatic carbocycles. The number of carbonyl (C=O) groups excluding carboxylic acids is 1. The molecular formula is C10H10N4OS. The van der Waals surface area contributed by atoms with Crippen molar-refractivity contribution in [1.82, 2.24) is 5.43 Å². The highest BCUT2D eigenvalue weighted by Gasteiger charge is 2.16. The number of amides is 1. The summed E-state index contributed by atoms with van der Waals surface area (Å²) in [5.74, 6) is -0.0947. The molecule has 1 heterocycles. The summed E-state index contributed by atoms with van der Waals surface area (Å²) in [7, 11) is 0. The van der Waals surface area contributed by atoms with Crippen LogP contribution in [0.15, 0.2) is 29.4 Å². The van der Waals surface area contributed by atoms with E-state index in [0.29, 0.717) is 6.42 Å². The Balaban J connectivity index is 2.22. The molecule has 6 heteroatoms. The van der Waals surface area contributed by atoms with Crippen LogP contribution in [0.4, 0.5) is 5.69 Å². The number of rotatable bonds is 2. The van der Waals surface area contributed by atoms with Crippen LogP contribution >= 0.6 is 12.2 Å². The Morgan fingerprint density at radius 1 is 1.56 bits per heavy atom. The number of benzene rings is 1. The normalized spacial score (nSPS) is 14.2. The summed E-state index contributed by atoms with van der Waals surface area (Å²) in [4.78, 5) is 11.0. The highest BCUT2D eigenvalue weighted by molar-refractivity contribution is 7.80. The first kappa shape index (κ1) is 10.6. The average Bonchev–Trinajstić information content (AvgIpc) is 2.64. The van der Waals surface area contributed by atoms with Crippen LogP contribution in [-0.4, -0.2) is 16.7 Å². The number of hydrogen-bond donors (Lipinski definition) is 3. The summed E-state index contributed by atoms with van der Waals surface area (Å²) in [6.45, 7) is 0. The fourth-order valence-corrected chi connectivity index (χ4v) is 1.56. The molecule has 82 valence electrons. The van der Waals surface area contributed by atoms with Gasteiger partial charge >= 0.3 is 0 Å². The maximum absolute atomic E-state index is 11.0. The quantitative estimate of drug-likeness (QED) is 0.653. The Morgan fingerprint density at radius 3 is 3.00 bits per heavy atom. The average molecular weight is 234 g/mol. The molecule has 1 aliphatic rings. The molecule has 0 fully saturated rings. The van der Waals surface area contributed by atoms with Gasteiger partial charge in [-0.25, -0.2) is 5.43 Å². The lowest BCUT2D eigenvalue weighted by Crippen LogP contribution is -2.19. The number of thiocarbonyl (C=S) groups is 1. The molecule has 2 rings (SSSR count). The van der Waals surface area contributed by atoms with E-state index in [0.717, 1.165) is 17.0 Å². The van der Waals surface area contributed by atoms with Gasteiger partial charge in [0.05, 0.1) is 12.1 Å². The smallest absolute Gasteiger partial charge is 0.246 e. The van der Waals surface area contributed by atoms with E-state index in [4.69, 9.17) is 18.0 Å². The van der Waals surface area contributed by atoms with Crippen LogP contribution in [0.3, 0.4) is 0 Å². The van der Waals surface area contributed by atoms with Gasteiger partial charge in [-0.2, -0.15) is 5.10 Å². The van der Waals surface area contributed by atoms with Crippen molar-refractivity contribution in [2.75, 3.05) is 5.32 Å². The van der Waals surface area contributed by atoms with Gasteiger partial charge in [-0.1, -0.05) is 12.1 Å². The molecule has 0 atom stereocenters. The summed E-state index contributed by atoms with van der Waals surface area (Å²) in [5.41, 5.74) is 10.2. The molecule has 1 amide bonds. The number of nitrogens with two attached hydrogens (primary N) is 1. The van der Waals surface area contributed by atoms with Gasteiger partial charge in [0, 0.05) is 11.3 Å². The summed E-state index contributed by atoms with van der Waals surface area (Å²) in [5, 5.41) is 6.97. The van der Waals surface area contributed by atoms with Gasteiger partial charge < -0.3 is 11.1 Å². The molecule has 5 nitrogen and oxygen atoms in total. The monoisotopic (exact) mass is 234 g/mol. The number of carbonyl (C=O) groups is 1. The maximum atomic E-state index is 11.0. The Labute approximate surface area is 97.7 Å². The zero-order valence-corrected chi connectivity index (χ0v) is 9.17. The molecule has 0 bridgehead atoms. The Kier molecular flexibility index (Phi) is 2.82. The fraction of sp³-hybridized carbons (Fsp3) is 0.100. The van der Waals surface area contributed by atoms with Crippen molar-refractivity contribution in [1.29, 1.82) is 0 Å². The summed E-state index contributed by atoms with van der Waals surface area (Å²) < 4.78 is 0. The Morgan fingerprint density at radius 2 is 2.38 bits per heavy atom. The van der Waals surface area contributed by atoms with Crippen molar-refractivity contribution in [3.05, 3.63) is 29.8 Å². The van der Waals surface area contributed by atoms with Crippen molar-refractivity contribution >= 4 is 34.6 Å². The van der Waals surface area contributed by atoms with Gasteiger partial charge in [-0.05, 0) is 24.4 Å². The van der Waals surface area contributed by atoms with Crippen molar-refractivity contribution < 1.29 is 4.79 Å². The number of hydrazone groups is 1. The van der Waals surface area contributed by atoms with E-state index < -0.39 is 0 Å². The van der Waals surface area contributed by atoms with Crippen LogP contribution in [0.1, 0.15) is 12.0 Å². The highest BCUT2D eigenvalue weighted by atomic mass is 32.1. The molecule has 4 N–H and O–H groups in total. The minimum Gasteiger partial charge on any atom is -0.376 e. The van der Waals surface area contributed by atoms with E-state index in [9.17, 15) is 4.79 Å². The first-order valence-corrected chi connectivity index (χ1v) is 5.08. The second-order valence-electron chi connectivity index (χ2n) is 3.34. The first-order chi connectivity index (χ1) is 7.65. The van der Waals surface area contributed by atoms with Gasteiger partial charge in [0.1, 0.15) is 0 Å². The molecule has 0 unspecified atom stereocenters. The molecule has 0 spiro atoms. The standard InChI is InChI=1S/C10H10N4OS/c11-10(16)12-7-3-1-2-6(4-7)8-5-9(15)14-13-8/h1-4H,5H2,(H,14,15)(H3,11,12,16). The topological polar surface area (TPSA) is 79.5 Å². The predicted octanol–water partition coefficient (Wildman–Crippen LogP) is 0.566. The number of nitrogens with one attached hydrogen (secondary N) is 2. The summed E-state index contributed by atoms with van der Waals surface area (Å²) in [6, 6.07) is 7.41. The van der Waals surface area contributed by atoms with Crippen LogP contribution in [0.5, 0.6) is 0 Å².